The third-order valence-corrected chi connectivity index (χ3v) is 3.39. The van der Waals surface area contributed by atoms with E-state index in [0.717, 1.165) is 29.8 Å². The molecule has 22 heavy (non-hydrogen) atoms. The molecule has 0 aliphatic rings. The number of nitrogens with one attached hydrogen (secondary N) is 1. The van der Waals surface area contributed by atoms with Gasteiger partial charge in [0.1, 0.15) is 5.75 Å². The highest BCUT2D eigenvalue weighted by Crippen LogP contribution is 2.20. The monoisotopic (exact) mass is 298 g/mol. The van der Waals surface area contributed by atoms with Crippen molar-refractivity contribution in [2.45, 2.75) is 26.7 Å². The molecule has 0 unspecified atom stereocenters. The molecule has 4 nitrogen and oxygen atoms in total. The largest absolute Gasteiger partial charge is 0.494 e. The summed E-state index contributed by atoms with van der Waals surface area (Å²) in [5.41, 5.74) is 8.67. The van der Waals surface area contributed by atoms with Gasteiger partial charge in [-0.15, -0.1) is 0 Å². The Kier molecular flexibility index (Phi) is 5.42. The zero-order valence-corrected chi connectivity index (χ0v) is 13.1. The van der Waals surface area contributed by atoms with Crippen molar-refractivity contribution in [1.29, 1.82) is 0 Å². The zero-order valence-electron chi connectivity index (χ0n) is 13.1. The summed E-state index contributed by atoms with van der Waals surface area (Å²) in [6.45, 7) is 4.75. The Balaban J connectivity index is 2.02. The van der Waals surface area contributed by atoms with Crippen LogP contribution in [0, 0.1) is 6.92 Å². The Labute approximate surface area is 131 Å². The van der Waals surface area contributed by atoms with Crippen LogP contribution in [0.4, 0.5) is 11.4 Å². The van der Waals surface area contributed by atoms with Gasteiger partial charge < -0.3 is 15.8 Å². The van der Waals surface area contributed by atoms with Crippen LogP contribution < -0.4 is 15.8 Å². The molecule has 0 spiro atoms. The fraction of sp³-hybridized carbons (Fsp3) is 0.278. The maximum atomic E-state index is 12.3. The molecule has 2 aromatic rings. The first-order chi connectivity index (χ1) is 10.6. The predicted octanol–water partition coefficient (Wildman–Crippen LogP) is 4.01. The molecule has 0 fully saturated rings. The topological polar surface area (TPSA) is 64.3 Å². The number of aryl methyl sites for hydroxylation is 1. The van der Waals surface area contributed by atoms with Crippen LogP contribution in [0.15, 0.2) is 42.5 Å². The maximum absolute atomic E-state index is 12.3. The lowest BCUT2D eigenvalue weighted by molar-refractivity contribution is 0.102. The van der Waals surface area contributed by atoms with Crippen molar-refractivity contribution >= 4 is 17.3 Å². The van der Waals surface area contributed by atoms with E-state index in [1.54, 1.807) is 18.2 Å². The molecule has 3 N–H and O–H groups in total. The van der Waals surface area contributed by atoms with Gasteiger partial charge in [-0.25, -0.2) is 0 Å². The van der Waals surface area contributed by atoms with Gasteiger partial charge in [0, 0.05) is 16.9 Å². The lowest BCUT2D eigenvalue weighted by Crippen LogP contribution is -2.13. The lowest BCUT2D eigenvalue weighted by Gasteiger charge is -2.10. The highest BCUT2D eigenvalue weighted by atomic mass is 16.5. The number of nitrogens with two attached hydrogens (primary N) is 1. The Hall–Kier alpha value is -2.49. The predicted molar refractivity (Wildman–Crippen MR) is 90.4 cm³/mol. The Morgan fingerprint density at radius 3 is 2.59 bits per heavy atom. The van der Waals surface area contributed by atoms with Gasteiger partial charge in [-0.1, -0.05) is 19.4 Å². The molecule has 1 amide bonds. The van der Waals surface area contributed by atoms with Gasteiger partial charge in [0.15, 0.2) is 0 Å². The molecular formula is C18H22N2O2. The van der Waals surface area contributed by atoms with Crippen molar-refractivity contribution in [2.24, 2.45) is 0 Å². The number of carbonyl (C=O) groups is 1. The van der Waals surface area contributed by atoms with Crippen molar-refractivity contribution in [2.75, 3.05) is 17.7 Å². The Bertz CT molecular complexity index is 636. The van der Waals surface area contributed by atoms with Crippen LogP contribution in [0.2, 0.25) is 0 Å². The second-order valence-corrected chi connectivity index (χ2v) is 5.25. The van der Waals surface area contributed by atoms with Crippen LogP contribution in [0.1, 0.15) is 35.7 Å². The molecule has 0 bridgehead atoms. The molecule has 116 valence electrons. The summed E-state index contributed by atoms with van der Waals surface area (Å²) in [7, 11) is 0. The van der Waals surface area contributed by atoms with Crippen LogP contribution in [0.3, 0.4) is 0 Å². The third-order valence-electron chi connectivity index (χ3n) is 3.39. The number of carbonyl (C=O) groups excluding carboxylic acids is 1. The summed E-state index contributed by atoms with van der Waals surface area (Å²) >= 11 is 0. The van der Waals surface area contributed by atoms with Crippen molar-refractivity contribution < 1.29 is 9.53 Å². The maximum Gasteiger partial charge on any atom is 0.255 e. The first-order valence-corrected chi connectivity index (χ1v) is 7.50. The molecule has 0 saturated carbocycles. The second-order valence-electron chi connectivity index (χ2n) is 5.25. The molecule has 4 heteroatoms. The number of nitrogen functional groups attached to an aromatic ring is 1. The van der Waals surface area contributed by atoms with Crippen molar-refractivity contribution in [3.05, 3.63) is 53.6 Å². The van der Waals surface area contributed by atoms with Crippen LogP contribution in [-0.4, -0.2) is 12.5 Å². The molecule has 0 aliphatic heterocycles. The Morgan fingerprint density at radius 2 is 1.91 bits per heavy atom. The molecule has 0 atom stereocenters. The third kappa shape index (κ3) is 4.25. The zero-order chi connectivity index (χ0) is 15.9. The molecule has 0 saturated heterocycles. The van der Waals surface area contributed by atoms with Gasteiger partial charge in [-0.3, -0.25) is 4.79 Å². The molecule has 0 radical (unpaired) electrons. The van der Waals surface area contributed by atoms with Crippen LogP contribution in [-0.2, 0) is 0 Å². The molecule has 0 heterocycles. The molecule has 0 aromatic heterocycles. The summed E-state index contributed by atoms with van der Waals surface area (Å²) < 4.78 is 5.59. The van der Waals surface area contributed by atoms with Gasteiger partial charge in [-0.2, -0.15) is 0 Å². The summed E-state index contributed by atoms with van der Waals surface area (Å²) in [5, 5.41) is 2.88. The van der Waals surface area contributed by atoms with Gasteiger partial charge >= 0.3 is 0 Å². The highest BCUT2D eigenvalue weighted by molar-refractivity contribution is 6.04. The van der Waals surface area contributed by atoms with E-state index in [0.29, 0.717) is 17.9 Å². The first-order valence-electron chi connectivity index (χ1n) is 7.50. The van der Waals surface area contributed by atoms with Crippen LogP contribution in [0.25, 0.3) is 0 Å². The van der Waals surface area contributed by atoms with Crippen molar-refractivity contribution in [3.8, 4) is 5.75 Å². The summed E-state index contributed by atoms with van der Waals surface area (Å²) in [6.07, 6.45) is 2.12. The number of rotatable bonds is 6. The van der Waals surface area contributed by atoms with E-state index in [1.807, 2.05) is 31.2 Å². The standard InChI is InChI=1S/C18H22N2O2/c1-3-4-11-22-16-9-6-14(7-10-16)18(21)20-17-12-15(19)8-5-13(17)2/h5-10,12H,3-4,11,19H2,1-2H3,(H,20,21). The number of anilines is 2. The fourth-order valence-corrected chi connectivity index (χ4v) is 2.01. The fourth-order valence-electron chi connectivity index (χ4n) is 2.01. The minimum absolute atomic E-state index is 0.159. The van der Waals surface area contributed by atoms with E-state index in [4.69, 9.17) is 10.5 Å². The van der Waals surface area contributed by atoms with E-state index < -0.39 is 0 Å². The summed E-state index contributed by atoms with van der Waals surface area (Å²) in [6, 6.07) is 12.6. The minimum atomic E-state index is -0.159. The number of hydrogen-bond acceptors (Lipinski definition) is 3. The van der Waals surface area contributed by atoms with Crippen molar-refractivity contribution in [1.82, 2.24) is 0 Å². The summed E-state index contributed by atoms with van der Waals surface area (Å²) in [4.78, 5) is 12.3. The molecule has 2 rings (SSSR count). The van der Waals surface area contributed by atoms with Gasteiger partial charge in [0.2, 0.25) is 0 Å². The normalized spacial score (nSPS) is 10.3. The number of ether oxygens (including phenoxy) is 1. The molecule has 2 aromatic carbocycles. The van der Waals surface area contributed by atoms with Crippen molar-refractivity contribution in [3.63, 3.8) is 0 Å². The van der Waals surface area contributed by atoms with Gasteiger partial charge in [0.05, 0.1) is 6.61 Å². The smallest absolute Gasteiger partial charge is 0.255 e. The minimum Gasteiger partial charge on any atom is -0.494 e. The van der Waals surface area contributed by atoms with E-state index in [-0.39, 0.29) is 5.91 Å². The lowest BCUT2D eigenvalue weighted by atomic mass is 10.1. The number of benzene rings is 2. The quantitative estimate of drug-likeness (QED) is 0.625. The molecular weight excluding hydrogens is 276 g/mol. The van der Waals surface area contributed by atoms with E-state index >= 15 is 0 Å². The first kappa shape index (κ1) is 15.9. The average molecular weight is 298 g/mol. The average Bonchev–Trinajstić information content (AvgIpc) is 2.52. The van der Waals surface area contributed by atoms with Gasteiger partial charge in [-0.05, 0) is 55.3 Å². The van der Waals surface area contributed by atoms with E-state index in [2.05, 4.69) is 12.2 Å². The highest BCUT2D eigenvalue weighted by Gasteiger charge is 2.08. The number of amides is 1. The SMILES string of the molecule is CCCCOc1ccc(C(=O)Nc2cc(N)ccc2C)cc1. The van der Waals surface area contributed by atoms with E-state index in [1.165, 1.54) is 0 Å². The summed E-state index contributed by atoms with van der Waals surface area (Å²) in [5.74, 6) is 0.624. The number of hydrogen-bond donors (Lipinski definition) is 2. The molecule has 0 aliphatic carbocycles. The number of unbranched alkanes of at least 4 members (excludes halogenated alkanes) is 1. The second kappa shape index (κ2) is 7.50. The van der Waals surface area contributed by atoms with Crippen LogP contribution >= 0.6 is 0 Å². The van der Waals surface area contributed by atoms with Gasteiger partial charge in [0.25, 0.3) is 5.91 Å². The van der Waals surface area contributed by atoms with Crippen LogP contribution in [0.5, 0.6) is 5.75 Å². The van der Waals surface area contributed by atoms with E-state index in [9.17, 15) is 4.79 Å². The Morgan fingerprint density at radius 1 is 1.18 bits per heavy atom.